The average molecular weight is 383 g/mol. The Hall–Kier alpha value is -3.35. The third kappa shape index (κ3) is 4.74. The molecule has 3 aromatic carbocycles. The van der Waals surface area contributed by atoms with Gasteiger partial charge in [0.25, 0.3) is 0 Å². The van der Waals surface area contributed by atoms with E-state index in [0.29, 0.717) is 18.6 Å². The molecule has 0 fully saturated rings. The van der Waals surface area contributed by atoms with Crippen LogP contribution in [0.4, 0.5) is 0 Å². The number of hydrogen-bond donors (Lipinski definition) is 0. The minimum absolute atomic E-state index is 0.423. The van der Waals surface area contributed by atoms with E-state index in [2.05, 4.69) is 42.5 Å². The van der Waals surface area contributed by atoms with Crippen molar-refractivity contribution in [1.82, 2.24) is 4.90 Å². The van der Waals surface area contributed by atoms with Crippen LogP contribution in [0.2, 0.25) is 0 Å². The van der Waals surface area contributed by atoms with E-state index in [1.807, 2.05) is 79.8 Å². The molecular weight excluding hydrogens is 356 g/mol. The van der Waals surface area contributed by atoms with Gasteiger partial charge >= 0.3 is 0 Å². The van der Waals surface area contributed by atoms with Gasteiger partial charge in [0.2, 0.25) is 0 Å². The van der Waals surface area contributed by atoms with Gasteiger partial charge in [0, 0.05) is 32.3 Å². The van der Waals surface area contributed by atoms with E-state index in [4.69, 9.17) is 4.74 Å². The minimum Gasteiger partial charge on any atom is -0.383 e. The third-order valence-corrected chi connectivity index (χ3v) is 4.79. The van der Waals surface area contributed by atoms with E-state index in [9.17, 15) is 5.26 Å². The van der Waals surface area contributed by atoms with Crippen LogP contribution in [0.1, 0.15) is 23.1 Å². The molecule has 0 aliphatic heterocycles. The van der Waals surface area contributed by atoms with E-state index in [1.54, 1.807) is 0 Å². The third-order valence-electron chi connectivity index (χ3n) is 4.79. The first kappa shape index (κ1) is 20.4. The zero-order valence-electron chi connectivity index (χ0n) is 17.0. The van der Waals surface area contributed by atoms with Crippen LogP contribution >= 0.6 is 0 Å². The SMILES string of the molecule is CN(C)C=C(C#N)CCOC(c1ccccc1)(c1ccccc1)c1ccccc1. The standard InChI is InChI=1S/C26H26N2O/c1-28(2)21-22(20-27)18-19-29-26(23-12-6-3-7-13-23,24-14-8-4-9-15-24)25-16-10-5-11-17-25/h3-17,21H,18-19H2,1-2H3. The molecule has 0 aliphatic rings. The summed E-state index contributed by atoms with van der Waals surface area (Å²) in [5, 5.41) is 9.45. The molecule has 29 heavy (non-hydrogen) atoms. The summed E-state index contributed by atoms with van der Waals surface area (Å²) in [6.45, 7) is 0.423. The second-order valence-corrected chi connectivity index (χ2v) is 7.11. The van der Waals surface area contributed by atoms with Gasteiger partial charge in [-0.3, -0.25) is 0 Å². The number of ether oxygens (including phenoxy) is 1. The van der Waals surface area contributed by atoms with E-state index in [-0.39, 0.29) is 0 Å². The minimum atomic E-state index is -0.748. The van der Waals surface area contributed by atoms with Crippen LogP contribution < -0.4 is 0 Å². The lowest BCUT2D eigenvalue weighted by molar-refractivity contribution is 0.0150. The van der Waals surface area contributed by atoms with Crippen molar-refractivity contribution in [3.63, 3.8) is 0 Å². The Labute approximate surface area is 173 Å². The topological polar surface area (TPSA) is 36.3 Å². The molecule has 0 unspecified atom stereocenters. The van der Waals surface area contributed by atoms with E-state index in [1.165, 1.54) is 0 Å². The van der Waals surface area contributed by atoms with Crippen molar-refractivity contribution in [3.8, 4) is 6.07 Å². The highest BCUT2D eigenvalue weighted by Crippen LogP contribution is 2.40. The number of nitriles is 1. The Morgan fingerprint density at radius 2 is 1.24 bits per heavy atom. The van der Waals surface area contributed by atoms with Crippen LogP contribution in [0.3, 0.4) is 0 Å². The van der Waals surface area contributed by atoms with E-state index < -0.39 is 5.60 Å². The van der Waals surface area contributed by atoms with Crippen LogP contribution in [-0.2, 0) is 10.3 Å². The fraction of sp³-hybridized carbons (Fsp3) is 0.192. The second kappa shape index (κ2) is 9.73. The molecule has 0 atom stereocenters. The highest BCUT2D eigenvalue weighted by molar-refractivity contribution is 5.47. The lowest BCUT2D eigenvalue weighted by Crippen LogP contribution is -2.33. The molecular formula is C26H26N2O. The van der Waals surface area contributed by atoms with Crippen molar-refractivity contribution in [1.29, 1.82) is 5.26 Å². The summed E-state index contributed by atoms with van der Waals surface area (Å²) < 4.78 is 6.69. The van der Waals surface area contributed by atoms with Gasteiger partial charge in [-0.05, 0) is 16.7 Å². The molecule has 0 aliphatic carbocycles. The number of hydrogen-bond acceptors (Lipinski definition) is 3. The monoisotopic (exact) mass is 382 g/mol. The largest absolute Gasteiger partial charge is 0.383 e. The van der Waals surface area contributed by atoms with Gasteiger partial charge in [0.05, 0.1) is 12.7 Å². The lowest BCUT2D eigenvalue weighted by Gasteiger charge is -2.36. The maximum atomic E-state index is 9.45. The quantitative estimate of drug-likeness (QED) is 0.389. The summed E-state index contributed by atoms with van der Waals surface area (Å²) in [7, 11) is 3.83. The van der Waals surface area contributed by atoms with Crippen LogP contribution in [0.15, 0.2) is 103 Å². The second-order valence-electron chi connectivity index (χ2n) is 7.11. The molecule has 0 radical (unpaired) electrons. The van der Waals surface area contributed by atoms with Crippen LogP contribution in [0.25, 0.3) is 0 Å². The van der Waals surface area contributed by atoms with Gasteiger partial charge in [0.1, 0.15) is 5.60 Å². The Bertz CT molecular complexity index is 861. The zero-order chi connectivity index (χ0) is 20.5. The van der Waals surface area contributed by atoms with Crippen molar-refractivity contribution in [3.05, 3.63) is 119 Å². The highest BCUT2D eigenvalue weighted by Gasteiger charge is 2.37. The van der Waals surface area contributed by atoms with Gasteiger partial charge in [0.15, 0.2) is 0 Å². The van der Waals surface area contributed by atoms with E-state index >= 15 is 0 Å². The summed E-state index contributed by atoms with van der Waals surface area (Å²) in [5.74, 6) is 0. The van der Waals surface area contributed by atoms with Crippen molar-refractivity contribution >= 4 is 0 Å². The van der Waals surface area contributed by atoms with E-state index in [0.717, 1.165) is 16.7 Å². The van der Waals surface area contributed by atoms with Gasteiger partial charge in [-0.25, -0.2) is 0 Å². The molecule has 3 rings (SSSR count). The molecule has 0 heterocycles. The molecule has 0 amide bonds. The molecule has 0 aromatic heterocycles. The number of nitrogens with zero attached hydrogens (tertiary/aromatic N) is 2. The fourth-order valence-corrected chi connectivity index (χ4v) is 3.54. The van der Waals surface area contributed by atoms with Crippen molar-refractivity contribution in [2.75, 3.05) is 20.7 Å². The Balaban J connectivity index is 2.07. The van der Waals surface area contributed by atoms with Gasteiger partial charge in [-0.2, -0.15) is 5.26 Å². The molecule has 3 nitrogen and oxygen atoms in total. The maximum absolute atomic E-state index is 9.45. The normalized spacial score (nSPS) is 11.7. The van der Waals surface area contributed by atoms with Gasteiger partial charge in [-0.15, -0.1) is 0 Å². The molecule has 3 aromatic rings. The first-order chi connectivity index (χ1) is 14.2. The zero-order valence-corrected chi connectivity index (χ0v) is 17.0. The molecule has 0 spiro atoms. The Morgan fingerprint density at radius 1 is 0.828 bits per heavy atom. The van der Waals surface area contributed by atoms with Gasteiger partial charge in [-0.1, -0.05) is 91.0 Å². The highest BCUT2D eigenvalue weighted by atomic mass is 16.5. The first-order valence-corrected chi connectivity index (χ1v) is 9.74. The summed E-state index contributed by atoms with van der Waals surface area (Å²) in [5.41, 5.74) is 3.13. The Morgan fingerprint density at radius 3 is 1.59 bits per heavy atom. The molecule has 0 N–H and O–H groups in total. The lowest BCUT2D eigenvalue weighted by atomic mass is 9.80. The fourth-order valence-electron chi connectivity index (χ4n) is 3.54. The maximum Gasteiger partial charge on any atom is 0.143 e. The molecule has 3 heteroatoms. The van der Waals surface area contributed by atoms with Crippen molar-refractivity contribution in [2.24, 2.45) is 0 Å². The summed E-state index contributed by atoms with van der Waals surface area (Å²) in [4.78, 5) is 1.89. The summed E-state index contributed by atoms with van der Waals surface area (Å²) >= 11 is 0. The summed E-state index contributed by atoms with van der Waals surface area (Å²) in [6.07, 6.45) is 2.39. The first-order valence-electron chi connectivity index (χ1n) is 9.74. The number of benzene rings is 3. The van der Waals surface area contributed by atoms with Crippen LogP contribution in [0, 0.1) is 11.3 Å². The predicted molar refractivity (Wildman–Crippen MR) is 117 cm³/mol. The number of rotatable bonds is 8. The molecule has 0 saturated carbocycles. The average Bonchev–Trinajstić information content (AvgIpc) is 2.77. The smallest absolute Gasteiger partial charge is 0.143 e. The predicted octanol–water partition coefficient (Wildman–Crippen LogP) is 5.35. The van der Waals surface area contributed by atoms with Crippen LogP contribution in [-0.4, -0.2) is 25.6 Å². The van der Waals surface area contributed by atoms with Crippen molar-refractivity contribution < 1.29 is 4.74 Å². The van der Waals surface area contributed by atoms with Crippen LogP contribution in [0.5, 0.6) is 0 Å². The molecule has 0 bridgehead atoms. The van der Waals surface area contributed by atoms with Crippen molar-refractivity contribution in [2.45, 2.75) is 12.0 Å². The molecule has 146 valence electrons. The Kier molecular flexibility index (Phi) is 6.84. The molecule has 0 saturated heterocycles. The van der Waals surface area contributed by atoms with Gasteiger partial charge < -0.3 is 9.64 Å². The summed E-state index contributed by atoms with van der Waals surface area (Å²) in [6, 6.07) is 33.1.